The molecule has 0 amide bonds. The number of benzene rings is 1. The second-order valence-corrected chi connectivity index (χ2v) is 6.34. The third-order valence-electron chi connectivity index (χ3n) is 4.30. The molecule has 1 unspecified atom stereocenters. The number of hydrogen-bond donors (Lipinski definition) is 1. The van der Waals surface area contributed by atoms with E-state index in [2.05, 4.69) is 21.2 Å². The van der Waals surface area contributed by atoms with E-state index in [1.807, 2.05) is 14.0 Å². The van der Waals surface area contributed by atoms with Crippen LogP contribution in [0.1, 0.15) is 38.2 Å². The molecule has 1 aliphatic carbocycles. The number of halogens is 2. The number of ether oxygens (including phenoxy) is 1. The Hall–Kier alpha value is -0.450. The third-order valence-corrected chi connectivity index (χ3v) is 5.07. The van der Waals surface area contributed by atoms with E-state index in [9.17, 15) is 4.39 Å². The fourth-order valence-corrected chi connectivity index (χ4v) is 3.73. The van der Waals surface area contributed by atoms with Crippen molar-refractivity contribution in [3.8, 4) is 0 Å². The van der Waals surface area contributed by atoms with Crippen LogP contribution in [-0.2, 0) is 11.2 Å². The zero-order valence-corrected chi connectivity index (χ0v) is 13.8. The molecule has 1 N–H and O–H groups in total. The van der Waals surface area contributed by atoms with E-state index in [4.69, 9.17) is 4.74 Å². The zero-order chi connectivity index (χ0) is 14.6. The van der Waals surface area contributed by atoms with Gasteiger partial charge in [0.15, 0.2) is 0 Å². The van der Waals surface area contributed by atoms with Crippen LogP contribution in [0, 0.1) is 5.82 Å². The first kappa shape index (κ1) is 15.9. The third kappa shape index (κ3) is 3.41. The molecule has 20 heavy (non-hydrogen) atoms. The fraction of sp³-hybridized carbons (Fsp3) is 0.625. The molecule has 1 aliphatic rings. The van der Waals surface area contributed by atoms with Crippen molar-refractivity contribution in [3.63, 3.8) is 0 Å². The van der Waals surface area contributed by atoms with Gasteiger partial charge in [-0.2, -0.15) is 0 Å². The minimum absolute atomic E-state index is 0.102. The van der Waals surface area contributed by atoms with E-state index >= 15 is 0 Å². The molecule has 0 aromatic heterocycles. The summed E-state index contributed by atoms with van der Waals surface area (Å²) in [7, 11) is 1.97. The monoisotopic (exact) mass is 343 g/mol. The minimum Gasteiger partial charge on any atom is -0.374 e. The van der Waals surface area contributed by atoms with Crippen molar-refractivity contribution >= 4 is 15.9 Å². The molecule has 0 heterocycles. The highest BCUT2D eigenvalue weighted by Gasteiger charge is 2.41. The summed E-state index contributed by atoms with van der Waals surface area (Å²) in [5.41, 5.74) is 0.894. The van der Waals surface area contributed by atoms with Crippen LogP contribution in [0.2, 0.25) is 0 Å². The summed E-state index contributed by atoms with van der Waals surface area (Å²) >= 11 is 3.52. The molecule has 1 atom stereocenters. The van der Waals surface area contributed by atoms with Crippen molar-refractivity contribution in [2.45, 2.75) is 50.7 Å². The Morgan fingerprint density at radius 2 is 2.10 bits per heavy atom. The standard InChI is InChI=1S/C16H23BrFNO/c1-3-20-16(8-4-5-9-16)15(19-2)11-12-10-13(18)6-7-14(12)17/h6-7,10,15,19H,3-5,8-9,11H2,1-2H3. The molecule has 1 saturated carbocycles. The quantitative estimate of drug-likeness (QED) is 0.840. The molecule has 0 radical (unpaired) electrons. The Morgan fingerprint density at radius 1 is 1.40 bits per heavy atom. The first-order valence-electron chi connectivity index (χ1n) is 7.36. The average molecular weight is 344 g/mol. The summed E-state index contributed by atoms with van der Waals surface area (Å²) in [6.07, 6.45) is 5.36. The van der Waals surface area contributed by atoms with Gasteiger partial charge in [0.25, 0.3) is 0 Å². The van der Waals surface area contributed by atoms with Gasteiger partial charge in [-0.1, -0.05) is 28.8 Å². The Bertz CT molecular complexity index is 446. The summed E-state index contributed by atoms with van der Waals surface area (Å²) in [4.78, 5) is 0. The van der Waals surface area contributed by atoms with E-state index in [-0.39, 0.29) is 17.5 Å². The van der Waals surface area contributed by atoms with Crippen LogP contribution in [0.25, 0.3) is 0 Å². The predicted molar refractivity (Wildman–Crippen MR) is 83.5 cm³/mol. The van der Waals surface area contributed by atoms with Crippen molar-refractivity contribution in [3.05, 3.63) is 34.1 Å². The lowest BCUT2D eigenvalue weighted by molar-refractivity contribution is -0.0597. The smallest absolute Gasteiger partial charge is 0.123 e. The highest BCUT2D eigenvalue weighted by Crippen LogP contribution is 2.38. The van der Waals surface area contributed by atoms with Crippen LogP contribution >= 0.6 is 15.9 Å². The predicted octanol–water partition coefficient (Wildman–Crippen LogP) is 4.07. The van der Waals surface area contributed by atoms with Gasteiger partial charge in [0, 0.05) is 17.1 Å². The molecule has 1 aromatic carbocycles. The normalized spacial score (nSPS) is 19.2. The Kier molecular flexibility index (Phi) is 5.58. The summed E-state index contributed by atoms with van der Waals surface area (Å²) in [6, 6.07) is 5.08. The lowest BCUT2D eigenvalue weighted by Gasteiger charge is -2.37. The Balaban J connectivity index is 2.21. The first-order valence-corrected chi connectivity index (χ1v) is 8.16. The molecule has 1 aromatic rings. The van der Waals surface area contributed by atoms with Gasteiger partial charge in [-0.25, -0.2) is 4.39 Å². The van der Waals surface area contributed by atoms with Crippen molar-refractivity contribution in [2.24, 2.45) is 0 Å². The summed E-state index contributed by atoms with van der Waals surface area (Å²) in [5, 5.41) is 3.40. The van der Waals surface area contributed by atoms with E-state index < -0.39 is 0 Å². The Labute approximate surface area is 129 Å². The van der Waals surface area contributed by atoms with Crippen molar-refractivity contribution in [1.82, 2.24) is 5.32 Å². The van der Waals surface area contributed by atoms with Gasteiger partial charge in [-0.05, 0) is 57.0 Å². The molecule has 2 nitrogen and oxygen atoms in total. The zero-order valence-electron chi connectivity index (χ0n) is 12.2. The van der Waals surface area contributed by atoms with Crippen molar-refractivity contribution < 1.29 is 9.13 Å². The second kappa shape index (κ2) is 7.01. The lowest BCUT2D eigenvalue weighted by atomic mass is 9.87. The van der Waals surface area contributed by atoms with Gasteiger partial charge in [0.2, 0.25) is 0 Å². The number of hydrogen-bond acceptors (Lipinski definition) is 2. The van der Waals surface area contributed by atoms with Gasteiger partial charge < -0.3 is 10.1 Å². The largest absolute Gasteiger partial charge is 0.374 e. The van der Waals surface area contributed by atoms with Crippen LogP contribution in [0.4, 0.5) is 4.39 Å². The average Bonchev–Trinajstić information content (AvgIpc) is 2.89. The number of nitrogens with one attached hydrogen (secondary N) is 1. The highest BCUT2D eigenvalue weighted by atomic mass is 79.9. The van der Waals surface area contributed by atoms with E-state index in [0.29, 0.717) is 0 Å². The molecule has 2 rings (SSSR count). The topological polar surface area (TPSA) is 21.3 Å². The van der Waals surface area contributed by atoms with Gasteiger partial charge in [0.1, 0.15) is 5.82 Å². The van der Waals surface area contributed by atoms with E-state index in [0.717, 1.165) is 35.9 Å². The molecule has 0 saturated heterocycles. The molecule has 0 bridgehead atoms. The molecular weight excluding hydrogens is 321 g/mol. The first-order chi connectivity index (χ1) is 9.61. The van der Waals surface area contributed by atoms with Gasteiger partial charge in [0.05, 0.1) is 5.60 Å². The van der Waals surface area contributed by atoms with Crippen LogP contribution in [0.15, 0.2) is 22.7 Å². The maximum absolute atomic E-state index is 13.4. The van der Waals surface area contributed by atoms with E-state index in [1.54, 1.807) is 12.1 Å². The maximum atomic E-state index is 13.4. The fourth-order valence-electron chi connectivity index (χ4n) is 3.33. The Morgan fingerprint density at radius 3 is 2.70 bits per heavy atom. The summed E-state index contributed by atoms with van der Waals surface area (Å²) in [6.45, 7) is 2.77. The van der Waals surface area contributed by atoms with Crippen LogP contribution in [-0.4, -0.2) is 25.3 Å². The number of likely N-dealkylation sites (N-methyl/N-ethyl adjacent to an activating group) is 1. The highest BCUT2D eigenvalue weighted by molar-refractivity contribution is 9.10. The molecule has 1 fully saturated rings. The van der Waals surface area contributed by atoms with Crippen LogP contribution < -0.4 is 5.32 Å². The molecule has 0 spiro atoms. The molecular formula is C16H23BrFNO. The van der Waals surface area contributed by atoms with Crippen molar-refractivity contribution in [1.29, 1.82) is 0 Å². The van der Waals surface area contributed by atoms with Crippen LogP contribution in [0.5, 0.6) is 0 Å². The number of rotatable bonds is 6. The summed E-state index contributed by atoms with van der Waals surface area (Å²) < 4.78 is 20.5. The van der Waals surface area contributed by atoms with Gasteiger partial charge in [-0.3, -0.25) is 0 Å². The van der Waals surface area contributed by atoms with Gasteiger partial charge in [-0.15, -0.1) is 0 Å². The molecule has 0 aliphatic heterocycles. The lowest BCUT2D eigenvalue weighted by Crippen LogP contribution is -2.51. The van der Waals surface area contributed by atoms with Crippen molar-refractivity contribution in [2.75, 3.05) is 13.7 Å². The second-order valence-electron chi connectivity index (χ2n) is 5.49. The van der Waals surface area contributed by atoms with Crippen LogP contribution in [0.3, 0.4) is 0 Å². The molecule has 112 valence electrons. The van der Waals surface area contributed by atoms with Gasteiger partial charge >= 0.3 is 0 Å². The maximum Gasteiger partial charge on any atom is 0.123 e. The minimum atomic E-state index is -0.185. The summed E-state index contributed by atoms with van der Waals surface area (Å²) in [5.74, 6) is -0.185. The molecule has 4 heteroatoms. The van der Waals surface area contributed by atoms with E-state index in [1.165, 1.54) is 18.9 Å². The SMILES string of the molecule is CCOC1(C(Cc2cc(F)ccc2Br)NC)CCCC1.